The Hall–Kier alpha value is -2.58. The summed E-state index contributed by atoms with van der Waals surface area (Å²) in [5.41, 5.74) is -1.07. The van der Waals surface area contributed by atoms with Crippen molar-refractivity contribution in [2.24, 2.45) is 0 Å². The number of ether oxygens (including phenoxy) is 1. The van der Waals surface area contributed by atoms with Gasteiger partial charge in [0, 0.05) is 11.3 Å². The van der Waals surface area contributed by atoms with Crippen molar-refractivity contribution >= 4 is 11.8 Å². The van der Waals surface area contributed by atoms with E-state index in [9.17, 15) is 22.4 Å². The summed E-state index contributed by atoms with van der Waals surface area (Å²) in [7, 11) is 0. The molecule has 0 radical (unpaired) electrons. The summed E-state index contributed by atoms with van der Waals surface area (Å²) in [4.78, 5) is 15.0. The predicted molar refractivity (Wildman–Crippen MR) is 81.5 cm³/mol. The lowest BCUT2D eigenvalue weighted by Gasteiger charge is -2.19. The highest BCUT2D eigenvalue weighted by atomic mass is 19.4. The Morgan fingerprint density at radius 1 is 1.24 bits per heavy atom. The number of nitrogens with one attached hydrogen (secondary N) is 1. The van der Waals surface area contributed by atoms with E-state index in [2.05, 4.69) is 14.7 Å². The first-order valence-electron chi connectivity index (χ1n) is 7.21. The van der Waals surface area contributed by atoms with Gasteiger partial charge in [0.2, 0.25) is 0 Å². The molecule has 0 atom stereocenters. The minimum Gasteiger partial charge on any atom is -0.444 e. The number of rotatable bonds is 2. The summed E-state index contributed by atoms with van der Waals surface area (Å²) in [5.74, 6) is -2.48. The van der Waals surface area contributed by atoms with Gasteiger partial charge in [-0.1, -0.05) is 0 Å². The van der Waals surface area contributed by atoms with E-state index in [-0.39, 0.29) is 22.7 Å². The van der Waals surface area contributed by atoms with Crippen LogP contribution in [-0.4, -0.2) is 16.7 Å². The van der Waals surface area contributed by atoms with Crippen molar-refractivity contribution in [2.75, 3.05) is 5.32 Å². The minimum absolute atomic E-state index is 0.0905. The van der Waals surface area contributed by atoms with Gasteiger partial charge < -0.3 is 9.15 Å². The van der Waals surface area contributed by atoms with Crippen molar-refractivity contribution in [3.05, 3.63) is 35.7 Å². The molecule has 0 fully saturated rings. The van der Waals surface area contributed by atoms with Gasteiger partial charge >= 0.3 is 18.2 Å². The maximum atomic E-state index is 14.3. The largest absolute Gasteiger partial charge is 0.468 e. The van der Waals surface area contributed by atoms with Crippen LogP contribution in [0.25, 0.3) is 11.3 Å². The maximum absolute atomic E-state index is 14.3. The van der Waals surface area contributed by atoms with E-state index in [0.717, 1.165) is 6.07 Å². The Bertz CT molecular complexity index is 792. The van der Waals surface area contributed by atoms with Crippen LogP contribution in [0.4, 0.5) is 28.0 Å². The Labute approximate surface area is 141 Å². The van der Waals surface area contributed by atoms with E-state index in [1.54, 1.807) is 20.8 Å². The highest BCUT2D eigenvalue weighted by molar-refractivity contribution is 5.85. The number of benzene rings is 1. The second-order valence-corrected chi connectivity index (χ2v) is 6.24. The normalized spacial score (nSPS) is 12.2. The van der Waals surface area contributed by atoms with Crippen LogP contribution in [-0.2, 0) is 10.9 Å². The van der Waals surface area contributed by atoms with Gasteiger partial charge in [-0.3, -0.25) is 5.32 Å². The predicted octanol–water partition coefficient (Wildman–Crippen LogP) is 5.15. The van der Waals surface area contributed by atoms with Crippen molar-refractivity contribution in [1.82, 2.24) is 4.98 Å². The third-order valence-electron chi connectivity index (χ3n) is 2.91. The number of amides is 1. The number of carbonyl (C=O) groups excluding carboxylic acids is 1. The van der Waals surface area contributed by atoms with E-state index in [1.807, 2.05) is 0 Å². The summed E-state index contributed by atoms with van der Waals surface area (Å²) < 4.78 is 61.7. The van der Waals surface area contributed by atoms with E-state index >= 15 is 0 Å². The first-order chi connectivity index (χ1) is 11.4. The van der Waals surface area contributed by atoms with Gasteiger partial charge in [-0.2, -0.15) is 13.2 Å². The summed E-state index contributed by atoms with van der Waals surface area (Å²) >= 11 is 0. The molecule has 0 aliphatic heterocycles. The molecule has 0 unspecified atom stereocenters. The molecule has 0 bridgehead atoms. The molecule has 2 rings (SSSR count). The number of aromatic nitrogens is 1. The Balaban J connectivity index is 2.26. The molecular formula is C16H16F4N2O3. The smallest absolute Gasteiger partial charge is 0.444 e. The lowest BCUT2D eigenvalue weighted by Crippen LogP contribution is -2.27. The zero-order chi connectivity index (χ0) is 19.0. The molecule has 0 spiro atoms. The van der Waals surface area contributed by atoms with Crippen LogP contribution in [0.15, 0.2) is 22.6 Å². The van der Waals surface area contributed by atoms with Crippen LogP contribution in [0.3, 0.4) is 0 Å². The fourth-order valence-corrected chi connectivity index (χ4v) is 1.97. The molecule has 0 aliphatic rings. The molecule has 1 amide bonds. The number of nitrogens with zero attached hydrogens (tertiary/aromatic N) is 1. The van der Waals surface area contributed by atoms with Gasteiger partial charge in [0.25, 0.3) is 0 Å². The number of hydrogen-bond acceptors (Lipinski definition) is 4. The van der Waals surface area contributed by atoms with Gasteiger partial charge in [-0.15, -0.1) is 0 Å². The van der Waals surface area contributed by atoms with E-state index in [1.165, 1.54) is 19.1 Å². The third kappa shape index (κ3) is 4.71. The molecule has 0 saturated carbocycles. The highest BCUT2D eigenvalue weighted by Gasteiger charge is 2.38. The minimum atomic E-state index is -4.77. The average Bonchev–Trinajstić information content (AvgIpc) is 2.78. The molecule has 1 heterocycles. The number of hydrogen-bond donors (Lipinski definition) is 1. The maximum Gasteiger partial charge on any atom is 0.468 e. The van der Waals surface area contributed by atoms with Crippen LogP contribution >= 0.6 is 0 Å². The fourth-order valence-electron chi connectivity index (χ4n) is 1.97. The van der Waals surface area contributed by atoms with Crippen molar-refractivity contribution in [2.45, 2.75) is 39.5 Å². The van der Waals surface area contributed by atoms with Crippen molar-refractivity contribution in [3.8, 4) is 11.3 Å². The Morgan fingerprint density at radius 3 is 2.36 bits per heavy atom. The van der Waals surface area contributed by atoms with Gasteiger partial charge in [-0.25, -0.2) is 14.2 Å². The molecule has 0 aliphatic carbocycles. The standard InChI is InChI=1S/C16H16F4N2O3/c1-8-12(22-13(24-8)16(18,19)20)10-6-5-9(7-11(10)17)21-14(23)25-15(2,3)4/h5-7H,1-4H3,(H,21,23). The van der Waals surface area contributed by atoms with Gasteiger partial charge in [0.1, 0.15) is 22.9 Å². The molecule has 1 aromatic heterocycles. The monoisotopic (exact) mass is 360 g/mol. The van der Waals surface area contributed by atoms with Crippen molar-refractivity contribution in [1.29, 1.82) is 0 Å². The van der Waals surface area contributed by atoms with Crippen molar-refractivity contribution < 1.29 is 31.5 Å². The van der Waals surface area contributed by atoms with Crippen LogP contribution in [0.5, 0.6) is 0 Å². The number of halogens is 4. The van der Waals surface area contributed by atoms with Gasteiger partial charge in [0.15, 0.2) is 0 Å². The first kappa shape index (κ1) is 18.8. The summed E-state index contributed by atoms with van der Waals surface area (Å²) in [6.45, 7) is 6.26. The lowest BCUT2D eigenvalue weighted by molar-refractivity contribution is -0.157. The summed E-state index contributed by atoms with van der Waals surface area (Å²) in [6.07, 6.45) is -5.55. The molecular weight excluding hydrogens is 344 g/mol. The number of aryl methyl sites for hydroxylation is 1. The zero-order valence-corrected chi connectivity index (χ0v) is 13.9. The molecule has 0 saturated heterocycles. The highest BCUT2D eigenvalue weighted by Crippen LogP contribution is 2.34. The summed E-state index contributed by atoms with van der Waals surface area (Å²) in [6, 6.07) is 3.48. The topological polar surface area (TPSA) is 64.4 Å². The third-order valence-corrected chi connectivity index (χ3v) is 2.91. The molecule has 1 aromatic carbocycles. The quantitative estimate of drug-likeness (QED) is 0.752. The molecule has 136 valence electrons. The van der Waals surface area contributed by atoms with Crippen LogP contribution in [0.1, 0.15) is 32.4 Å². The Kier molecular flexibility index (Phi) is 4.79. The second-order valence-electron chi connectivity index (χ2n) is 6.24. The first-order valence-corrected chi connectivity index (χ1v) is 7.21. The molecule has 9 heteroatoms. The zero-order valence-electron chi connectivity index (χ0n) is 13.9. The van der Waals surface area contributed by atoms with Crippen LogP contribution < -0.4 is 5.32 Å². The number of anilines is 1. The van der Waals surface area contributed by atoms with Gasteiger partial charge in [-0.05, 0) is 45.9 Å². The average molecular weight is 360 g/mol. The molecule has 5 nitrogen and oxygen atoms in total. The fraction of sp³-hybridized carbons (Fsp3) is 0.375. The Morgan fingerprint density at radius 2 is 1.88 bits per heavy atom. The van der Waals surface area contributed by atoms with E-state index in [0.29, 0.717) is 0 Å². The summed E-state index contributed by atoms with van der Waals surface area (Å²) in [5, 5.41) is 2.34. The second kappa shape index (κ2) is 6.38. The van der Waals surface area contributed by atoms with Crippen LogP contribution in [0.2, 0.25) is 0 Å². The molecule has 25 heavy (non-hydrogen) atoms. The lowest BCUT2D eigenvalue weighted by atomic mass is 10.1. The van der Waals surface area contributed by atoms with E-state index in [4.69, 9.17) is 4.74 Å². The molecule has 1 N–H and O–H groups in total. The number of alkyl halides is 3. The van der Waals surface area contributed by atoms with Crippen molar-refractivity contribution in [3.63, 3.8) is 0 Å². The van der Waals surface area contributed by atoms with E-state index < -0.39 is 29.6 Å². The number of carbonyl (C=O) groups is 1. The number of oxazole rings is 1. The van der Waals surface area contributed by atoms with Crippen LogP contribution in [0, 0.1) is 12.7 Å². The molecule has 2 aromatic rings. The van der Waals surface area contributed by atoms with Gasteiger partial charge in [0.05, 0.1) is 0 Å². The SMILES string of the molecule is Cc1oc(C(F)(F)F)nc1-c1ccc(NC(=O)OC(C)(C)C)cc1F.